The summed E-state index contributed by atoms with van der Waals surface area (Å²) in [6, 6.07) is 17.8. The molecule has 0 saturated carbocycles. The number of nitrogens with zero attached hydrogens (tertiary/aromatic N) is 3. The molecule has 1 aliphatic heterocycles. The van der Waals surface area contributed by atoms with E-state index >= 15 is 0 Å². The van der Waals surface area contributed by atoms with Crippen molar-refractivity contribution >= 4 is 22.8 Å². The van der Waals surface area contributed by atoms with Crippen LogP contribution in [-0.4, -0.2) is 39.4 Å². The zero-order valence-corrected chi connectivity index (χ0v) is 17.2. The number of fused-ring (bicyclic) bond motifs is 1. The van der Waals surface area contributed by atoms with E-state index in [1.165, 1.54) is 6.42 Å². The van der Waals surface area contributed by atoms with Crippen LogP contribution in [0.2, 0.25) is 0 Å². The Balaban J connectivity index is 1.43. The van der Waals surface area contributed by atoms with Crippen molar-refractivity contribution in [3.63, 3.8) is 0 Å². The Kier molecular flexibility index (Phi) is 6.42. The van der Waals surface area contributed by atoms with Crippen LogP contribution in [0.4, 0.5) is 0 Å². The first-order valence-electron chi connectivity index (χ1n) is 10.7. The fraction of sp³-hybridized carbons (Fsp3) is 0.375. The third-order valence-corrected chi connectivity index (χ3v) is 5.66. The third-order valence-electron chi connectivity index (χ3n) is 5.66. The van der Waals surface area contributed by atoms with Gasteiger partial charge < -0.3 is 14.8 Å². The summed E-state index contributed by atoms with van der Waals surface area (Å²) >= 11 is 0. The van der Waals surface area contributed by atoms with Crippen LogP contribution in [0.5, 0.6) is 0 Å². The normalized spacial score (nSPS) is 14.1. The largest absolute Gasteiger partial charge is 0.349 e. The predicted octanol–water partition coefficient (Wildman–Crippen LogP) is 3.30. The molecule has 0 bridgehead atoms. The minimum Gasteiger partial charge on any atom is -0.349 e. The summed E-state index contributed by atoms with van der Waals surface area (Å²) in [4.78, 5) is 31.8. The number of nitrogens with one attached hydrogen (secondary N) is 1. The van der Waals surface area contributed by atoms with Gasteiger partial charge in [-0.05, 0) is 43.4 Å². The molecule has 1 aliphatic rings. The molecule has 2 amide bonds. The molecular weight excluding hydrogens is 376 g/mol. The number of imidazole rings is 1. The molecule has 156 valence electrons. The van der Waals surface area contributed by atoms with Crippen LogP contribution in [0.1, 0.15) is 37.1 Å². The lowest BCUT2D eigenvalue weighted by atomic mass is 10.1. The highest BCUT2D eigenvalue weighted by Gasteiger charge is 2.20. The van der Waals surface area contributed by atoms with E-state index in [4.69, 9.17) is 0 Å². The number of carbonyl (C=O) groups is 2. The van der Waals surface area contributed by atoms with Crippen molar-refractivity contribution in [2.24, 2.45) is 0 Å². The maximum atomic E-state index is 12.8. The first kappa shape index (κ1) is 20.1. The first-order valence-corrected chi connectivity index (χ1v) is 10.7. The number of benzene rings is 2. The van der Waals surface area contributed by atoms with Gasteiger partial charge in [-0.15, -0.1) is 0 Å². The van der Waals surface area contributed by atoms with Crippen LogP contribution in [0.15, 0.2) is 54.6 Å². The molecule has 3 aromatic rings. The number of hydrogen-bond acceptors (Lipinski definition) is 3. The quantitative estimate of drug-likeness (QED) is 0.657. The molecule has 0 spiro atoms. The lowest BCUT2D eigenvalue weighted by Crippen LogP contribution is -2.38. The topological polar surface area (TPSA) is 67.2 Å². The van der Waals surface area contributed by atoms with Crippen molar-refractivity contribution in [3.05, 3.63) is 66.0 Å². The van der Waals surface area contributed by atoms with Gasteiger partial charge in [-0.2, -0.15) is 0 Å². The summed E-state index contributed by atoms with van der Waals surface area (Å²) in [6.45, 7) is 2.24. The Morgan fingerprint density at radius 1 is 0.933 bits per heavy atom. The van der Waals surface area contributed by atoms with E-state index in [2.05, 4.69) is 10.3 Å². The van der Waals surface area contributed by atoms with E-state index in [-0.39, 0.29) is 18.4 Å². The van der Waals surface area contributed by atoms with Crippen LogP contribution in [0, 0.1) is 0 Å². The van der Waals surface area contributed by atoms with Crippen molar-refractivity contribution in [3.8, 4) is 0 Å². The van der Waals surface area contributed by atoms with Gasteiger partial charge in [0, 0.05) is 19.5 Å². The summed E-state index contributed by atoms with van der Waals surface area (Å²) in [7, 11) is 0. The Labute approximate surface area is 176 Å². The van der Waals surface area contributed by atoms with Crippen molar-refractivity contribution in [1.82, 2.24) is 19.8 Å². The maximum absolute atomic E-state index is 12.8. The highest BCUT2D eigenvalue weighted by atomic mass is 16.2. The first-order chi connectivity index (χ1) is 14.7. The molecule has 0 radical (unpaired) electrons. The SMILES string of the molecule is O=C(CCc1ccccc1)NCc1nc2ccccc2n1CC(=O)N1CCCCC1. The Morgan fingerprint density at radius 3 is 2.47 bits per heavy atom. The predicted molar refractivity (Wildman–Crippen MR) is 117 cm³/mol. The number of carbonyl (C=O) groups excluding carboxylic acids is 2. The molecule has 2 aromatic carbocycles. The third kappa shape index (κ3) is 4.87. The van der Waals surface area contributed by atoms with E-state index in [1.54, 1.807) is 0 Å². The standard InChI is InChI=1S/C24H28N4O2/c29-23(14-13-19-9-3-1-4-10-19)25-17-22-26-20-11-5-6-12-21(20)28(22)18-24(30)27-15-7-2-8-16-27/h1,3-6,9-12H,2,7-8,13-18H2,(H,25,29). The fourth-order valence-electron chi connectivity index (χ4n) is 3.98. The number of hydrogen-bond donors (Lipinski definition) is 1. The van der Waals surface area contributed by atoms with Crippen LogP contribution < -0.4 is 5.32 Å². The minimum absolute atomic E-state index is 0.0141. The maximum Gasteiger partial charge on any atom is 0.242 e. The van der Waals surface area contributed by atoms with E-state index in [1.807, 2.05) is 64.1 Å². The summed E-state index contributed by atoms with van der Waals surface area (Å²) in [5.41, 5.74) is 2.92. The van der Waals surface area contributed by atoms with Gasteiger partial charge in [-0.1, -0.05) is 42.5 Å². The van der Waals surface area contributed by atoms with Crippen molar-refractivity contribution < 1.29 is 9.59 Å². The smallest absolute Gasteiger partial charge is 0.242 e. The van der Waals surface area contributed by atoms with Gasteiger partial charge >= 0.3 is 0 Å². The average molecular weight is 405 g/mol. The fourth-order valence-corrected chi connectivity index (χ4v) is 3.98. The molecule has 4 rings (SSSR count). The Hall–Kier alpha value is -3.15. The molecule has 0 atom stereocenters. The Morgan fingerprint density at radius 2 is 1.67 bits per heavy atom. The number of piperidine rings is 1. The van der Waals surface area contributed by atoms with Gasteiger partial charge in [0.2, 0.25) is 11.8 Å². The number of rotatable bonds is 7. The molecule has 0 aliphatic carbocycles. The van der Waals surface area contributed by atoms with E-state index < -0.39 is 0 Å². The second kappa shape index (κ2) is 9.57. The lowest BCUT2D eigenvalue weighted by Gasteiger charge is -2.27. The molecule has 1 saturated heterocycles. The molecule has 0 unspecified atom stereocenters. The summed E-state index contributed by atoms with van der Waals surface area (Å²) in [5.74, 6) is 0.823. The van der Waals surface area contributed by atoms with Crippen molar-refractivity contribution in [2.45, 2.75) is 45.2 Å². The van der Waals surface area contributed by atoms with E-state index in [0.717, 1.165) is 48.4 Å². The summed E-state index contributed by atoms with van der Waals surface area (Å²) in [5, 5.41) is 2.98. The van der Waals surface area contributed by atoms with Gasteiger partial charge in [0.15, 0.2) is 0 Å². The Bertz CT molecular complexity index is 1010. The molecule has 1 N–H and O–H groups in total. The zero-order valence-electron chi connectivity index (χ0n) is 17.2. The summed E-state index contributed by atoms with van der Waals surface area (Å²) < 4.78 is 1.95. The van der Waals surface area contributed by atoms with Gasteiger partial charge in [-0.3, -0.25) is 9.59 Å². The number of para-hydroxylation sites is 2. The number of aromatic nitrogens is 2. The second-order valence-electron chi connectivity index (χ2n) is 7.81. The van der Waals surface area contributed by atoms with E-state index in [0.29, 0.717) is 19.4 Å². The number of likely N-dealkylation sites (tertiary alicyclic amines) is 1. The van der Waals surface area contributed by atoms with Crippen molar-refractivity contribution in [1.29, 1.82) is 0 Å². The van der Waals surface area contributed by atoms with Gasteiger partial charge in [0.25, 0.3) is 0 Å². The van der Waals surface area contributed by atoms with E-state index in [9.17, 15) is 9.59 Å². The van der Waals surface area contributed by atoms with Crippen LogP contribution in [-0.2, 0) is 29.1 Å². The summed E-state index contributed by atoms with van der Waals surface area (Å²) in [6.07, 6.45) is 4.47. The van der Waals surface area contributed by atoms with Gasteiger partial charge in [0.05, 0.1) is 17.6 Å². The highest BCUT2D eigenvalue weighted by molar-refractivity contribution is 5.81. The molecule has 6 nitrogen and oxygen atoms in total. The molecule has 1 fully saturated rings. The minimum atomic E-state index is -0.0141. The molecule has 1 aromatic heterocycles. The lowest BCUT2D eigenvalue weighted by molar-refractivity contribution is -0.132. The van der Waals surface area contributed by atoms with Gasteiger partial charge in [-0.25, -0.2) is 4.98 Å². The van der Waals surface area contributed by atoms with Crippen LogP contribution >= 0.6 is 0 Å². The highest BCUT2D eigenvalue weighted by Crippen LogP contribution is 2.18. The van der Waals surface area contributed by atoms with Crippen LogP contribution in [0.3, 0.4) is 0 Å². The zero-order chi connectivity index (χ0) is 20.8. The van der Waals surface area contributed by atoms with Crippen molar-refractivity contribution in [2.75, 3.05) is 13.1 Å². The number of aryl methyl sites for hydroxylation is 1. The molecule has 6 heteroatoms. The molecule has 30 heavy (non-hydrogen) atoms. The van der Waals surface area contributed by atoms with Gasteiger partial charge in [0.1, 0.15) is 12.4 Å². The number of amides is 2. The molecule has 2 heterocycles. The second-order valence-corrected chi connectivity index (χ2v) is 7.81. The molecular formula is C24H28N4O2. The monoisotopic (exact) mass is 404 g/mol. The van der Waals surface area contributed by atoms with Crippen LogP contribution in [0.25, 0.3) is 11.0 Å². The average Bonchev–Trinajstić information content (AvgIpc) is 3.15.